The zero-order valence-electron chi connectivity index (χ0n) is 17.1. The number of carbonyl (C=O) groups excluding carboxylic acids is 1. The lowest BCUT2D eigenvalue weighted by atomic mass is 9.97. The van der Waals surface area contributed by atoms with Gasteiger partial charge in [-0.25, -0.2) is 4.79 Å². The molecule has 3 aromatic rings. The highest BCUT2D eigenvalue weighted by atomic mass is 16.4. The minimum absolute atomic E-state index is 0.163. The summed E-state index contributed by atoms with van der Waals surface area (Å²) in [5.41, 5.74) is 4.21. The highest BCUT2D eigenvalue weighted by molar-refractivity contribution is 6.12. The van der Waals surface area contributed by atoms with Gasteiger partial charge in [0.2, 0.25) is 0 Å². The van der Waals surface area contributed by atoms with E-state index in [-0.39, 0.29) is 11.9 Å². The summed E-state index contributed by atoms with van der Waals surface area (Å²) < 4.78 is 2.33. The topological polar surface area (TPSA) is 74.6 Å². The number of nitrogens with zero attached hydrogens (tertiary/aromatic N) is 2. The number of aromatic nitrogens is 1. The van der Waals surface area contributed by atoms with Crippen LogP contribution in [-0.4, -0.2) is 39.7 Å². The number of piperidine rings is 1. The van der Waals surface area contributed by atoms with Crippen LogP contribution in [0.2, 0.25) is 0 Å². The van der Waals surface area contributed by atoms with Gasteiger partial charge in [-0.05, 0) is 57.4 Å². The molecule has 1 saturated heterocycles. The Morgan fingerprint density at radius 3 is 2.41 bits per heavy atom. The number of rotatable bonds is 3. The van der Waals surface area contributed by atoms with Crippen molar-refractivity contribution in [2.45, 2.75) is 39.7 Å². The number of benzene rings is 2. The fourth-order valence-corrected chi connectivity index (χ4v) is 4.48. The van der Waals surface area contributed by atoms with Crippen molar-refractivity contribution in [3.05, 3.63) is 42.0 Å². The first-order chi connectivity index (χ1) is 13.9. The number of para-hydroxylation sites is 1. The Morgan fingerprint density at radius 2 is 1.76 bits per heavy atom. The van der Waals surface area contributed by atoms with Crippen LogP contribution in [-0.2, 0) is 4.79 Å². The summed E-state index contributed by atoms with van der Waals surface area (Å²) in [6.45, 7) is 7.34. The van der Waals surface area contributed by atoms with Crippen molar-refractivity contribution in [2.75, 3.05) is 18.4 Å². The smallest absolute Gasteiger partial charge is 0.321 e. The number of hydrogen-bond donors (Lipinski definition) is 2. The average molecular weight is 393 g/mol. The van der Waals surface area contributed by atoms with Gasteiger partial charge < -0.3 is 19.9 Å². The van der Waals surface area contributed by atoms with E-state index in [2.05, 4.69) is 48.0 Å². The van der Waals surface area contributed by atoms with Crippen LogP contribution in [0.4, 0.5) is 10.5 Å². The Morgan fingerprint density at radius 1 is 1.07 bits per heavy atom. The van der Waals surface area contributed by atoms with Gasteiger partial charge in [-0.1, -0.05) is 18.2 Å². The molecule has 0 atom stereocenters. The van der Waals surface area contributed by atoms with Gasteiger partial charge in [0.25, 0.3) is 0 Å². The normalized spacial score (nSPS) is 15.4. The Kier molecular flexibility index (Phi) is 4.94. The molecule has 6 nitrogen and oxygen atoms in total. The van der Waals surface area contributed by atoms with Crippen LogP contribution in [0, 0.1) is 12.8 Å². The van der Waals surface area contributed by atoms with E-state index < -0.39 is 5.97 Å². The molecule has 2 N–H and O–H groups in total. The van der Waals surface area contributed by atoms with Gasteiger partial charge in [-0.15, -0.1) is 0 Å². The van der Waals surface area contributed by atoms with Crippen molar-refractivity contribution < 1.29 is 14.7 Å². The first-order valence-corrected chi connectivity index (χ1v) is 10.2. The Bertz CT molecular complexity index is 1090. The molecule has 29 heavy (non-hydrogen) atoms. The molecule has 6 heteroatoms. The van der Waals surface area contributed by atoms with Crippen LogP contribution in [0.25, 0.3) is 21.8 Å². The number of aryl methyl sites for hydroxylation is 1. The minimum Gasteiger partial charge on any atom is -0.481 e. The molecule has 152 valence electrons. The number of aliphatic carboxylic acids is 1. The monoisotopic (exact) mass is 393 g/mol. The highest BCUT2D eigenvalue weighted by Crippen LogP contribution is 2.36. The van der Waals surface area contributed by atoms with Crippen molar-refractivity contribution in [1.29, 1.82) is 0 Å². The molecule has 1 aromatic heterocycles. The zero-order chi connectivity index (χ0) is 20.7. The summed E-state index contributed by atoms with van der Waals surface area (Å²) in [5, 5.41) is 14.5. The number of carboxylic acids is 1. The van der Waals surface area contributed by atoms with E-state index in [0.717, 1.165) is 16.6 Å². The number of urea groups is 1. The van der Waals surface area contributed by atoms with Crippen molar-refractivity contribution in [3.8, 4) is 0 Å². The van der Waals surface area contributed by atoms with E-state index in [1.807, 2.05) is 19.1 Å². The number of carbonyl (C=O) groups is 2. The second kappa shape index (κ2) is 7.43. The number of likely N-dealkylation sites (tertiary alicyclic amines) is 1. The van der Waals surface area contributed by atoms with Gasteiger partial charge >= 0.3 is 12.0 Å². The third-order valence-corrected chi connectivity index (χ3v) is 6.02. The van der Waals surface area contributed by atoms with Crippen LogP contribution >= 0.6 is 0 Å². The third-order valence-electron chi connectivity index (χ3n) is 6.02. The van der Waals surface area contributed by atoms with E-state index in [0.29, 0.717) is 32.0 Å². The molecule has 0 unspecified atom stereocenters. The van der Waals surface area contributed by atoms with Gasteiger partial charge in [-0.2, -0.15) is 0 Å². The Hall–Kier alpha value is -3.02. The summed E-state index contributed by atoms with van der Waals surface area (Å²) in [4.78, 5) is 25.6. The molecule has 0 bridgehead atoms. The third kappa shape index (κ3) is 3.33. The lowest BCUT2D eigenvalue weighted by Crippen LogP contribution is -2.42. The standard InChI is InChI=1S/C23H27N3O3/c1-14(2)26-19-7-5-4-6-17(19)21-15(3)18(8-9-20(21)26)24-23(29)25-12-10-16(11-13-25)22(27)28/h4-9,14,16H,10-13H2,1-3H3,(H,24,29)(H,27,28). The highest BCUT2D eigenvalue weighted by Gasteiger charge is 2.27. The van der Waals surface area contributed by atoms with Crippen molar-refractivity contribution >= 4 is 39.5 Å². The second-order valence-corrected chi connectivity index (χ2v) is 8.14. The number of fused-ring (bicyclic) bond motifs is 3. The zero-order valence-corrected chi connectivity index (χ0v) is 17.1. The summed E-state index contributed by atoms with van der Waals surface area (Å²) in [6.07, 6.45) is 1.01. The minimum atomic E-state index is -0.770. The lowest BCUT2D eigenvalue weighted by Gasteiger charge is -2.30. The number of amides is 2. The number of hydrogen-bond acceptors (Lipinski definition) is 2. The maximum atomic E-state index is 12.8. The Balaban J connectivity index is 1.66. The van der Waals surface area contributed by atoms with Crippen molar-refractivity contribution in [3.63, 3.8) is 0 Å². The molecule has 1 aliphatic heterocycles. The van der Waals surface area contributed by atoms with E-state index in [4.69, 9.17) is 5.11 Å². The Labute approximate surface area is 170 Å². The molecule has 1 fully saturated rings. The molecule has 1 aliphatic rings. The number of nitrogens with one attached hydrogen (secondary N) is 1. The van der Waals surface area contributed by atoms with Crippen LogP contribution in [0.3, 0.4) is 0 Å². The van der Waals surface area contributed by atoms with Gasteiger partial charge in [-0.3, -0.25) is 4.79 Å². The van der Waals surface area contributed by atoms with E-state index in [9.17, 15) is 9.59 Å². The van der Waals surface area contributed by atoms with Crippen molar-refractivity contribution in [1.82, 2.24) is 9.47 Å². The SMILES string of the molecule is Cc1c(NC(=O)N2CCC(C(=O)O)CC2)ccc2c1c1ccccc1n2C(C)C. The van der Waals surface area contributed by atoms with Crippen LogP contribution < -0.4 is 5.32 Å². The molecule has 0 radical (unpaired) electrons. The lowest BCUT2D eigenvalue weighted by molar-refractivity contribution is -0.143. The summed E-state index contributed by atoms with van der Waals surface area (Å²) in [7, 11) is 0. The summed E-state index contributed by atoms with van der Waals surface area (Å²) in [5.74, 6) is -1.12. The fourth-order valence-electron chi connectivity index (χ4n) is 4.48. The maximum Gasteiger partial charge on any atom is 0.321 e. The van der Waals surface area contributed by atoms with Crippen LogP contribution in [0.5, 0.6) is 0 Å². The number of carboxylic acid groups (broad SMARTS) is 1. The van der Waals surface area contributed by atoms with Gasteiger partial charge in [0, 0.05) is 46.6 Å². The first kappa shape index (κ1) is 19.3. The molecule has 4 rings (SSSR count). The molecule has 0 aliphatic carbocycles. The molecular formula is C23H27N3O3. The molecule has 2 aromatic carbocycles. The average Bonchev–Trinajstić information content (AvgIpc) is 3.05. The molecular weight excluding hydrogens is 366 g/mol. The van der Waals surface area contributed by atoms with E-state index in [1.165, 1.54) is 16.4 Å². The predicted octanol–water partition coefficient (Wildman–Crippen LogP) is 5.01. The predicted molar refractivity (Wildman–Crippen MR) is 116 cm³/mol. The van der Waals surface area contributed by atoms with Crippen LogP contribution in [0.15, 0.2) is 36.4 Å². The van der Waals surface area contributed by atoms with E-state index >= 15 is 0 Å². The van der Waals surface area contributed by atoms with Gasteiger partial charge in [0.1, 0.15) is 0 Å². The first-order valence-electron chi connectivity index (χ1n) is 10.2. The molecule has 0 spiro atoms. The van der Waals surface area contributed by atoms with Gasteiger partial charge in [0.05, 0.1) is 5.92 Å². The molecule has 2 amide bonds. The largest absolute Gasteiger partial charge is 0.481 e. The van der Waals surface area contributed by atoms with Crippen LogP contribution in [0.1, 0.15) is 38.3 Å². The van der Waals surface area contributed by atoms with Crippen molar-refractivity contribution in [2.24, 2.45) is 5.92 Å². The maximum absolute atomic E-state index is 12.8. The second-order valence-electron chi connectivity index (χ2n) is 8.14. The summed E-state index contributed by atoms with van der Waals surface area (Å²) >= 11 is 0. The quantitative estimate of drug-likeness (QED) is 0.657. The van der Waals surface area contributed by atoms with Gasteiger partial charge in [0.15, 0.2) is 0 Å². The van der Waals surface area contributed by atoms with E-state index in [1.54, 1.807) is 4.90 Å². The molecule has 0 saturated carbocycles. The molecule has 2 heterocycles. The summed E-state index contributed by atoms with van der Waals surface area (Å²) in [6, 6.07) is 12.6. The fraction of sp³-hybridized carbons (Fsp3) is 0.391. The number of anilines is 1.